The third kappa shape index (κ3) is 4.60. The molecule has 2 aromatic carbocycles. The van der Waals surface area contributed by atoms with Crippen LogP contribution in [-0.2, 0) is 4.79 Å². The van der Waals surface area contributed by atoms with Crippen LogP contribution in [-0.4, -0.2) is 33.0 Å². The van der Waals surface area contributed by atoms with Gasteiger partial charge in [-0.15, -0.1) is 5.10 Å². The van der Waals surface area contributed by atoms with Crippen LogP contribution in [0.25, 0.3) is 5.69 Å². The first-order valence-corrected chi connectivity index (χ1v) is 8.86. The van der Waals surface area contributed by atoms with Crippen molar-refractivity contribution in [3.63, 3.8) is 0 Å². The van der Waals surface area contributed by atoms with Gasteiger partial charge in [-0.25, -0.2) is 9.67 Å². The Morgan fingerprint density at radius 1 is 1.16 bits per heavy atom. The van der Waals surface area contributed by atoms with Crippen LogP contribution in [0.3, 0.4) is 0 Å². The Bertz CT molecular complexity index is 836. The molecule has 0 unspecified atom stereocenters. The van der Waals surface area contributed by atoms with Crippen molar-refractivity contribution in [2.45, 2.75) is 12.1 Å². The number of nitrogens with one attached hydrogen (secondary N) is 1. The van der Waals surface area contributed by atoms with Gasteiger partial charge >= 0.3 is 0 Å². The van der Waals surface area contributed by atoms with E-state index in [1.165, 1.54) is 11.8 Å². The largest absolute Gasteiger partial charge is 0.492 e. The van der Waals surface area contributed by atoms with Gasteiger partial charge in [-0.2, -0.15) is 0 Å². The van der Waals surface area contributed by atoms with Crippen molar-refractivity contribution in [3.8, 4) is 11.4 Å². The summed E-state index contributed by atoms with van der Waals surface area (Å²) < 4.78 is 7.19. The van der Waals surface area contributed by atoms with E-state index in [4.69, 9.17) is 4.74 Å². The van der Waals surface area contributed by atoms with Crippen LogP contribution in [0.2, 0.25) is 0 Å². The molecule has 0 fully saturated rings. The van der Waals surface area contributed by atoms with Crippen molar-refractivity contribution in [2.24, 2.45) is 0 Å². The molecule has 1 N–H and O–H groups in total. The van der Waals surface area contributed by atoms with Crippen molar-refractivity contribution in [1.82, 2.24) is 14.8 Å². The van der Waals surface area contributed by atoms with Crippen molar-refractivity contribution >= 4 is 23.4 Å². The minimum Gasteiger partial charge on any atom is -0.492 e. The normalized spacial score (nSPS) is 10.4. The number of rotatable bonds is 7. The number of aromatic nitrogens is 3. The molecule has 0 aliphatic heterocycles. The zero-order chi connectivity index (χ0) is 17.5. The van der Waals surface area contributed by atoms with Crippen LogP contribution in [0.1, 0.15) is 6.92 Å². The van der Waals surface area contributed by atoms with E-state index in [1.54, 1.807) is 11.0 Å². The molecule has 0 aliphatic carbocycles. The van der Waals surface area contributed by atoms with Gasteiger partial charge in [0.1, 0.15) is 12.1 Å². The molecule has 0 spiro atoms. The van der Waals surface area contributed by atoms with Crippen molar-refractivity contribution < 1.29 is 9.53 Å². The van der Waals surface area contributed by atoms with Gasteiger partial charge in [0, 0.05) is 0 Å². The zero-order valence-electron chi connectivity index (χ0n) is 13.8. The number of nitrogens with zero attached hydrogens (tertiary/aromatic N) is 3. The average Bonchev–Trinajstić information content (AvgIpc) is 3.12. The number of carbonyl (C=O) groups is 1. The van der Waals surface area contributed by atoms with E-state index in [0.29, 0.717) is 23.2 Å². The molecule has 6 nitrogen and oxygen atoms in total. The monoisotopic (exact) mass is 354 g/mol. The van der Waals surface area contributed by atoms with E-state index < -0.39 is 0 Å². The van der Waals surface area contributed by atoms with Gasteiger partial charge in [0.05, 0.1) is 23.7 Å². The van der Waals surface area contributed by atoms with E-state index >= 15 is 0 Å². The average molecular weight is 354 g/mol. The van der Waals surface area contributed by atoms with Crippen molar-refractivity contribution in [1.29, 1.82) is 0 Å². The summed E-state index contributed by atoms with van der Waals surface area (Å²) >= 11 is 1.29. The lowest BCUT2D eigenvalue weighted by atomic mass is 10.3. The fraction of sp³-hybridized carbons (Fsp3) is 0.167. The maximum absolute atomic E-state index is 12.2. The van der Waals surface area contributed by atoms with Gasteiger partial charge in [-0.05, 0) is 31.2 Å². The highest BCUT2D eigenvalue weighted by atomic mass is 32.2. The molecule has 3 rings (SSSR count). The first kappa shape index (κ1) is 17.0. The van der Waals surface area contributed by atoms with Gasteiger partial charge in [0.15, 0.2) is 0 Å². The molecule has 0 radical (unpaired) electrons. The summed E-state index contributed by atoms with van der Waals surface area (Å²) in [5.41, 5.74) is 1.59. The van der Waals surface area contributed by atoms with E-state index in [9.17, 15) is 4.79 Å². The lowest BCUT2D eigenvalue weighted by molar-refractivity contribution is -0.113. The molecule has 1 heterocycles. The molecule has 0 aliphatic rings. The summed E-state index contributed by atoms with van der Waals surface area (Å²) in [5.74, 6) is 0.752. The van der Waals surface area contributed by atoms with E-state index in [2.05, 4.69) is 15.4 Å². The maximum atomic E-state index is 12.2. The standard InChI is InChI=1S/C18H18N4O2S/c1-2-24-16-11-7-6-10-15(16)20-17(23)12-25-18-19-13-22(21-18)14-8-4-3-5-9-14/h3-11,13H,2,12H2,1H3,(H,20,23). The Balaban J connectivity index is 1.57. The van der Waals surface area contributed by atoms with Crippen LogP contribution in [0.4, 0.5) is 5.69 Å². The van der Waals surface area contributed by atoms with E-state index in [-0.39, 0.29) is 11.7 Å². The Hall–Kier alpha value is -2.80. The van der Waals surface area contributed by atoms with Crippen LogP contribution in [0.5, 0.6) is 5.75 Å². The molecule has 0 saturated carbocycles. The molecule has 25 heavy (non-hydrogen) atoms. The second-order valence-corrected chi connectivity index (χ2v) is 6.02. The highest BCUT2D eigenvalue weighted by Gasteiger charge is 2.10. The summed E-state index contributed by atoms with van der Waals surface area (Å²) in [6, 6.07) is 17.1. The number of anilines is 1. The molecule has 128 valence electrons. The molecular weight excluding hydrogens is 336 g/mol. The number of para-hydroxylation sites is 3. The fourth-order valence-electron chi connectivity index (χ4n) is 2.19. The fourth-order valence-corrected chi connectivity index (χ4v) is 2.79. The predicted octanol–water partition coefficient (Wildman–Crippen LogP) is 3.40. The van der Waals surface area contributed by atoms with Gasteiger partial charge < -0.3 is 10.1 Å². The highest BCUT2D eigenvalue weighted by Crippen LogP contribution is 2.24. The molecule has 3 aromatic rings. The summed E-state index contributed by atoms with van der Waals surface area (Å²) in [4.78, 5) is 16.4. The zero-order valence-corrected chi connectivity index (χ0v) is 14.6. The minimum atomic E-state index is -0.131. The first-order valence-electron chi connectivity index (χ1n) is 7.88. The number of ether oxygens (including phenoxy) is 1. The van der Waals surface area contributed by atoms with Gasteiger partial charge in [-0.1, -0.05) is 42.1 Å². The third-order valence-corrected chi connectivity index (χ3v) is 4.14. The quantitative estimate of drug-likeness (QED) is 0.659. The van der Waals surface area contributed by atoms with Crippen LogP contribution >= 0.6 is 11.8 Å². The highest BCUT2D eigenvalue weighted by molar-refractivity contribution is 7.99. The number of thioether (sulfide) groups is 1. The van der Waals surface area contributed by atoms with E-state index in [0.717, 1.165) is 5.69 Å². The van der Waals surface area contributed by atoms with Crippen LogP contribution < -0.4 is 10.1 Å². The Kier molecular flexibility index (Phi) is 5.69. The smallest absolute Gasteiger partial charge is 0.234 e. The Morgan fingerprint density at radius 2 is 1.92 bits per heavy atom. The molecule has 1 aromatic heterocycles. The number of hydrogen-bond donors (Lipinski definition) is 1. The van der Waals surface area contributed by atoms with Crippen molar-refractivity contribution in [2.75, 3.05) is 17.7 Å². The maximum Gasteiger partial charge on any atom is 0.234 e. The molecule has 0 atom stereocenters. The van der Waals surface area contributed by atoms with Crippen LogP contribution in [0, 0.1) is 0 Å². The Labute approximate surface area is 150 Å². The molecule has 1 amide bonds. The third-order valence-electron chi connectivity index (χ3n) is 3.28. The van der Waals surface area contributed by atoms with Gasteiger partial charge in [-0.3, -0.25) is 4.79 Å². The number of hydrogen-bond acceptors (Lipinski definition) is 5. The SMILES string of the molecule is CCOc1ccccc1NC(=O)CSc1ncn(-c2ccccc2)n1. The topological polar surface area (TPSA) is 69.0 Å². The summed E-state index contributed by atoms with van der Waals surface area (Å²) in [7, 11) is 0. The number of carbonyl (C=O) groups excluding carboxylic acids is 1. The first-order chi connectivity index (χ1) is 12.3. The molecule has 0 saturated heterocycles. The molecule has 0 bridgehead atoms. The summed E-state index contributed by atoms with van der Waals surface area (Å²) in [5, 5.41) is 7.78. The second-order valence-electron chi connectivity index (χ2n) is 5.07. The Morgan fingerprint density at radius 3 is 2.72 bits per heavy atom. The van der Waals surface area contributed by atoms with Crippen molar-refractivity contribution in [3.05, 3.63) is 60.9 Å². The van der Waals surface area contributed by atoms with Gasteiger partial charge in [0.25, 0.3) is 0 Å². The lowest BCUT2D eigenvalue weighted by Crippen LogP contribution is -2.15. The van der Waals surface area contributed by atoms with Gasteiger partial charge in [0.2, 0.25) is 11.1 Å². The summed E-state index contributed by atoms with van der Waals surface area (Å²) in [6.45, 7) is 2.45. The minimum absolute atomic E-state index is 0.131. The predicted molar refractivity (Wildman–Crippen MR) is 98.3 cm³/mol. The van der Waals surface area contributed by atoms with E-state index in [1.807, 2.05) is 61.5 Å². The van der Waals surface area contributed by atoms with Crippen LogP contribution in [0.15, 0.2) is 66.1 Å². The summed E-state index contributed by atoms with van der Waals surface area (Å²) in [6.07, 6.45) is 1.64. The second kappa shape index (κ2) is 8.34. The number of amides is 1. The lowest BCUT2D eigenvalue weighted by Gasteiger charge is -2.10. The number of benzene rings is 2. The molecular formula is C18H18N4O2S. The molecule has 7 heteroatoms.